The van der Waals surface area contributed by atoms with Crippen LogP contribution in [0.4, 0.5) is 0 Å². The van der Waals surface area contributed by atoms with Crippen LogP contribution in [0.3, 0.4) is 0 Å². The van der Waals surface area contributed by atoms with Crippen LogP contribution in [0.15, 0.2) is 18.2 Å². The molecule has 0 N–H and O–H groups in total. The van der Waals surface area contributed by atoms with Crippen molar-refractivity contribution in [2.45, 2.75) is 6.92 Å². The van der Waals surface area contributed by atoms with Gasteiger partial charge in [0.15, 0.2) is 0 Å². The van der Waals surface area contributed by atoms with Gasteiger partial charge in [0.1, 0.15) is 0 Å². The molecule has 0 atom stereocenters. The molecule has 0 spiro atoms. The van der Waals surface area contributed by atoms with E-state index >= 15 is 0 Å². The quantitative estimate of drug-likeness (QED) is 0.699. The first kappa shape index (κ1) is 10.4. The normalized spacial score (nSPS) is 10.8. The Bertz CT molecular complexity index is 273. The van der Waals surface area contributed by atoms with Crippen LogP contribution in [0, 0.1) is 5.92 Å². The Kier molecular flexibility index (Phi) is 3.88. The van der Waals surface area contributed by atoms with Crippen molar-refractivity contribution in [3.8, 4) is 0 Å². The maximum atomic E-state index is 5.99. The van der Waals surface area contributed by atoms with Crippen LogP contribution in [0.5, 0.6) is 0 Å². The lowest BCUT2D eigenvalue weighted by molar-refractivity contribution is 1.17. The van der Waals surface area contributed by atoms with Crippen LogP contribution in [-0.4, -0.2) is 5.33 Å². The Morgan fingerprint density at radius 3 is 2.67 bits per heavy atom. The van der Waals surface area contributed by atoms with Crippen LogP contribution in [0.25, 0.3) is 0 Å². The predicted octanol–water partition coefficient (Wildman–Crippen LogP) is 4.33. The molecular formula is C9H8BrCl2. The van der Waals surface area contributed by atoms with Crippen molar-refractivity contribution in [2.24, 2.45) is 0 Å². The van der Waals surface area contributed by atoms with Gasteiger partial charge in [-0.05, 0) is 11.6 Å². The molecule has 0 fully saturated rings. The molecule has 1 radical (unpaired) electrons. The summed E-state index contributed by atoms with van der Waals surface area (Å²) in [6.45, 7) is 2.02. The van der Waals surface area contributed by atoms with E-state index in [1.54, 1.807) is 6.07 Å². The van der Waals surface area contributed by atoms with E-state index in [4.69, 9.17) is 23.2 Å². The first-order valence-corrected chi connectivity index (χ1v) is 5.37. The molecule has 0 aliphatic heterocycles. The van der Waals surface area contributed by atoms with Gasteiger partial charge in [0, 0.05) is 11.2 Å². The zero-order valence-corrected chi connectivity index (χ0v) is 9.67. The van der Waals surface area contributed by atoms with Crippen molar-refractivity contribution < 1.29 is 0 Å². The van der Waals surface area contributed by atoms with Gasteiger partial charge in [-0.15, -0.1) is 0 Å². The van der Waals surface area contributed by atoms with Gasteiger partial charge in [0.2, 0.25) is 0 Å². The van der Waals surface area contributed by atoms with Crippen molar-refractivity contribution in [3.63, 3.8) is 0 Å². The predicted molar refractivity (Wildman–Crippen MR) is 58.3 cm³/mol. The van der Waals surface area contributed by atoms with E-state index < -0.39 is 0 Å². The lowest BCUT2D eigenvalue weighted by Crippen LogP contribution is -1.96. The van der Waals surface area contributed by atoms with Gasteiger partial charge in [-0.3, -0.25) is 0 Å². The van der Waals surface area contributed by atoms with E-state index in [0.29, 0.717) is 10.0 Å². The minimum absolute atomic E-state index is 0.606. The molecule has 65 valence electrons. The molecule has 0 aliphatic rings. The standard InChI is InChI=1S/C9H8BrCl2/c1-6(5-10)7-3-2-4-8(11)9(7)12/h2-4H,5H2,1H3. The third kappa shape index (κ3) is 2.15. The van der Waals surface area contributed by atoms with Gasteiger partial charge in [-0.25, -0.2) is 0 Å². The molecule has 0 heterocycles. The second-order valence-electron chi connectivity index (χ2n) is 2.52. The molecule has 3 heteroatoms. The SMILES string of the molecule is C[C](CBr)c1cccc(Cl)c1Cl. The number of hydrogen-bond acceptors (Lipinski definition) is 0. The average molecular weight is 267 g/mol. The molecule has 1 aromatic rings. The fourth-order valence-corrected chi connectivity index (χ4v) is 1.67. The summed E-state index contributed by atoms with van der Waals surface area (Å²) in [7, 11) is 0. The van der Waals surface area contributed by atoms with Crippen molar-refractivity contribution in [3.05, 3.63) is 39.7 Å². The highest BCUT2D eigenvalue weighted by Crippen LogP contribution is 2.30. The molecule has 1 aromatic carbocycles. The molecule has 12 heavy (non-hydrogen) atoms. The van der Waals surface area contributed by atoms with Crippen molar-refractivity contribution >= 4 is 39.1 Å². The zero-order chi connectivity index (χ0) is 9.14. The van der Waals surface area contributed by atoms with Gasteiger partial charge in [0.05, 0.1) is 10.0 Å². The average Bonchev–Trinajstić information content (AvgIpc) is 2.08. The maximum Gasteiger partial charge on any atom is 0.0630 e. The summed E-state index contributed by atoms with van der Waals surface area (Å²) in [5.41, 5.74) is 1.01. The molecule has 0 saturated carbocycles. The Morgan fingerprint density at radius 2 is 2.08 bits per heavy atom. The van der Waals surface area contributed by atoms with E-state index in [-0.39, 0.29) is 0 Å². The lowest BCUT2D eigenvalue weighted by Gasteiger charge is -2.09. The Labute approximate surface area is 91.0 Å². The number of alkyl halides is 1. The number of benzene rings is 1. The Hall–Kier alpha value is 0.280. The summed E-state index contributed by atoms with van der Waals surface area (Å²) in [5, 5.41) is 2.05. The van der Waals surface area contributed by atoms with Crippen LogP contribution in [0.1, 0.15) is 12.5 Å². The lowest BCUT2D eigenvalue weighted by atomic mass is 10.0. The number of halogens is 3. The van der Waals surface area contributed by atoms with Crippen LogP contribution < -0.4 is 0 Å². The summed E-state index contributed by atoms with van der Waals surface area (Å²) >= 11 is 15.2. The van der Waals surface area contributed by atoms with Crippen LogP contribution >= 0.6 is 39.1 Å². The zero-order valence-electron chi connectivity index (χ0n) is 6.57. The van der Waals surface area contributed by atoms with Crippen molar-refractivity contribution in [1.82, 2.24) is 0 Å². The van der Waals surface area contributed by atoms with E-state index in [9.17, 15) is 0 Å². The van der Waals surface area contributed by atoms with E-state index in [1.165, 1.54) is 5.92 Å². The number of rotatable bonds is 2. The monoisotopic (exact) mass is 265 g/mol. The molecule has 0 aromatic heterocycles. The highest BCUT2D eigenvalue weighted by Gasteiger charge is 2.10. The second kappa shape index (κ2) is 4.50. The molecule has 0 unspecified atom stereocenters. The third-order valence-corrected chi connectivity index (χ3v) is 3.27. The molecule has 1 rings (SSSR count). The minimum Gasteiger partial charge on any atom is -0.0918 e. The smallest absolute Gasteiger partial charge is 0.0630 e. The Morgan fingerprint density at radius 1 is 1.42 bits per heavy atom. The van der Waals surface area contributed by atoms with Crippen molar-refractivity contribution in [2.75, 3.05) is 5.33 Å². The fourth-order valence-electron chi connectivity index (χ4n) is 0.905. The largest absolute Gasteiger partial charge is 0.0918 e. The maximum absolute atomic E-state index is 5.99. The first-order chi connectivity index (χ1) is 5.66. The molecule has 0 nitrogen and oxygen atoms in total. The van der Waals surface area contributed by atoms with Gasteiger partial charge >= 0.3 is 0 Å². The topological polar surface area (TPSA) is 0 Å². The third-order valence-electron chi connectivity index (χ3n) is 1.61. The highest BCUT2D eigenvalue weighted by atomic mass is 79.9. The summed E-state index contributed by atoms with van der Waals surface area (Å²) in [5.74, 6) is 1.18. The second-order valence-corrected chi connectivity index (χ2v) is 3.86. The first-order valence-electron chi connectivity index (χ1n) is 3.49. The van der Waals surface area contributed by atoms with Gasteiger partial charge in [0.25, 0.3) is 0 Å². The molecular weight excluding hydrogens is 259 g/mol. The van der Waals surface area contributed by atoms with Gasteiger partial charge < -0.3 is 0 Å². The fraction of sp³-hybridized carbons (Fsp3) is 0.222. The van der Waals surface area contributed by atoms with E-state index in [1.807, 2.05) is 19.1 Å². The van der Waals surface area contributed by atoms with E-state index in [2.05, 4.69) is 15.9 Å². The summed E-state index contributed by atoms with van der Waals surface area (Å²) in [6.07, 6.45) is 0. The van der Waals surface area contributed by atoms with E-state index in [0.717, 1.165) is 10.9 Å². The Balaban J connectivity index is 3.07. The summed E-state index contributed by atoms with van der Waals surface area (Å²) in [6, 6.07) is 5.65. The summed E-state index contributed by atoms with van der Waals surface area (Å²) < 4.78 is 0. The molecule has 0 aliphatic carbocycles. The van der Waals surface area contributed by atoms with Gasteiger partial charge in [-0.2, -0.15) is 0 Å². The molecule has 0 saturated heterocycles. The summed E-state index contributed by atoms with van der Waals surface area (Å²) in [4.78, 5) is 0. The van der Waals surface area contributed by atoms with Gasteiger partial charge in [-0.1, -0.05) is 58.2 Å². The minimum atomic E-state index is 0.606. The highest BCUT2D eigenvalue weighted by molar-refractivity contribution is 9.09. The van der Waals surface area contributed by atoms with Crippen LogP contribution in [-0.2, 0) is 0 Å². The molecule has 0 bridgehead atoms. The number of hydrogen-bond donors (Lipinski definition) is 0. The molecule has 0 amide bonds. The van der Waals surface area contributed by atoms with Crippen molar-refractivity contribution in [1.29, 1.82) is 0 Å². The van der Waals surface area contributed by atoms with Crippen LogP contribution in [0.2, 0.25) is 10.0 Å².